The molecule has 14 heteroatoms. The quantitative estimate of drug-likeness (QED) is 0.142. The van der Waals surface area contributed by atoms with Crippen molar-refractivity contribution in [3.63, 3.8) is 0 Å². The lowest BCUT2D eigenvalue weighted by molar-refractivity contribution is -0.140. The van der Waals surface area contributed by atoms with Gasteiger partial charge in [0.05, 0.1) is 26.3 Å². The van der Waals surface area contributed by atoms with Crippen LogP contribution in [0.25, 0.3) is 6.08 Å². The van der Waals surface area contributed by atoms with E-state index in [2.05, 4.69) is 66.1 Å². The van der Waals surface area contributed by atoms with Crippen molar-refractivity contribution >= 4 is 96.1 Å². The lowest BCUT2D eigenvalue weighted by atomic mass is 9.95. The Morgan fingerprint density at radius 2 is 1.82 bits per heavy atom. The summed E-state index contributed by atoms with van der Waals surface area (Å²) in [6.07, 6.45) is -3.42. The number of alkyl halides is 3. The summed E-state index contributed by atoms with van der Waals surface area (Å²) in [4.78, 5) is 30.6. The lowest BCUT2D eigenvalue weighted by Crippen LogP contribution is -2.41. The van der Waals surface area contributed by atoms with E-state index in [0.29, 0.717) is 16.3 Å². The van der Waals surface area contributed by atoms with Crippen LogP contribution in [-0.4, -0.2) is 23.3 Å². The summed E-state index contributed by atoms with van der Waals surface area (Å²) in [5.41, 5.74) is -1.09. The number of benzene rings is 3. The normalized spacial score (nSPS) is 15.2. The fraction of sp³-hybridized carbons (Fsp3) is 0.167. The van der Waals surface area contributed by atoms with Gasteiger partial charge in [0.15, 0.2) is 10.5 Å². The summed E-state index contributed by atoms with van der Waals surface area (Å²) >= 11 is 14.5. The van der Waals surface area contributed by atoms with Crippen molar-refractivity contribution in [2.45, 2.75) is 25.7 Å². The number of thiazole rings is 1. The molecule has 0 bridgehead atoms. The Morgan fingerprint density at radius 1 is 1.14 bits per heavy atom. The van der Waals surface area contributed by atoms with E-state index in [1.54, 1.807) is 6.08 Å². The minimum atomic E-state index is -5.00. The fourth-order valence-electron chi connectivity index (χ4n) is 4.52. The number of halogens is 7. The van der Waals surface area contributed by atoms with Crippen molar-refractivity contribution in [2.75, 3.05) is 6.61 Å². The van der Waals surface area contributed by atoms with E-state index in [4.69, 9.17) is 21.1 Å². The zero-order valence-electron chi connectivity index (χ0n) is 22.4. The third kappa shape index (κ3) is 7.11. The monoisotopic (exact) mass is 928 g/mol. The number of fused-ring (bicyclic) bond motifs is 1. The highest BCUT2D eigenvalue weighted by molar-refractivity contribution is 14.1. The Kier molecular flexibility index (Phi) is 10.3. The van der Waals surface area contributed by atoms with Gasteiger partial charge in [-0.3, -0.25) is 9.36 Å². The molecule has 0 fully saturated rings. The molecule has 4 aromatic rings. The first-order valence-electron chi connectivity index (χ1n) is 12.8. The van der Waals surface area contributed by atoms with E-state index in [1.807, 2.05) is 36.4 Å². The molecule has 0 amide bonds. The molecule has 3 aromatic carbocycles. The molecule has 1 aliphatic heterocycles. The minimum absolute atomic E-state index is 0.112. The van der Waals surface area contributed by atoms with Crippen LogP contribution in [0.3, 0.4) is 0 Å². The van der Waals surface area contributed by atoms with Crippen LogP contribution in [0.4, 0.5) is 13.2 Å². The lowest BCUT2D eigenvalue weighted by Gasteiger charge is -2.26. The van der Waals surface area contributed by atoms with Crippen molar-refractivity contribution < 1.29 is 27.4 Å². The number of nitrogens with zero attached hydrogens (tertiary/aromatic N) is 2. The highest BCUT2D eigenvalue weighted by atomic mass is 127. The van der Waals surface area contributed by atoms with Crippen LogP contribution >= 0.6 is 84.0 Å². The summed E-state index contributed by atoms with van der Waals surface area (Å²) in [5.74, 6) is -0.703. The number of hydrogen-bond donors (Lipinski definition) is 0. The summed E-state index contributed by atoms with van der Waals surface area (Å²) in [7, 11) is 0. The zero-order valence-corrected chi connectivity index (χ0v) is 29.9. The highest BCUT2D eigenvalue weighted by Crippen LogP contribution is 2.38. The van der Waals surface area contributed by atoms with Gasteiger partial charge >= 0.3 is 12.1 Å². The number of hydrogen-bond acceptors (Lipinski definition) is 6. The van der Waals surface area contributed by atoms with Crippen LogP contribution in [0.5, 0.6) is 5.75 Å². The van der Waals surface area contributed by atoms with Crippen molar-refractivity contribution in [3.05, 3.63) is 125 Å². The third-order valence-corrected chi connectivity index (χ3v) is 9.59. The molecule has 0 unspecified atom stereocenters. The largest absolute Gasteiger partial charge is 0.487 e. The summed E-state index contributed by atoms with van der Waals surface area (Å²) in [6, 6.07) is 15.8. The number of carbonyl (C=O) groups is 1. The topological polar surface area (TPSA) is 69.9 Å². The molecule has 0 N–H and O–H groups in total. The van der Waals surface area contributed by atoms with Gasteiger partial charge in [0.1, 0.15) is 12.4 Å². The highest BCUT2D eigenvalue weighted by Gasteiger charge is 2.45. The van der Waals surface area contributed by atoms with Gasteiger partial charge in [-0.05, 0) is 106 Å². The van der Waals surface area contributed by atoms with Crippen LogP contribution in [0.1, 0.15) is 29.7 Å². The average Bonchev–Trinajstić information content (AvgIpc) is 3.27. The number of ether oxygens (including phenoxy) is 2. The molecule has 5 rings (SSSR count). The van der Waals surface area contributed by atoms with E-state index in [0.717, 1.165) is 33.1 Å². The maximum atomic E-state index is 14.4. The van der Waals surface area contributed by atoms with Crippen LogP contribution in [0, 0.1) is 7.14 Å². The zero-order chi connectivity index (χ0) is 31.8. The number of esters is 1. The molecule has 0 spiro atoms. The van der Waals surface area contributed by atoms with Crippen LogP contribution in [0.15, 0.2) is 86.2 Å². The molecule has 1 aliphatic rings. The van der Waals surface area contributed by atoms with Gasteiger partial charge in [-0.25, -0.2) is 9.79 Å². The summed E-state index contributed by atoms with van der Waals surface area (Å²) in [6.45, 7) is 1.57. The number of carbonyl (C=O) groups excluding carboxylic acids is 1. The number of allylic oxidation sites excluding steroid dienone is 1. The standard InChI is InChI=1S/C30H19BrClF3I2N2O4S/c1-2-42-28(41)23-24(16-5-9-19(32)10-6-16)39-27(40)22(44-29(39)38-26(23)30(33,34)35)12-17-11-20(36)13-21(37)25(17)43-14-15-3-7-18(31)8-4-15/h3-13,24H,2,14H2,1H3/b22-12-/t24-/m1/s1. The number of rotatable bonds is 7. The summed E-state index contributed by atoms with van der Waals surface area (Å²) < 4.78 is 58.2. The number of aromatic nitrogens is 1. The summed E-state index contributed by atoms with van der Waals surface area (Å²) in [5, 5.41) is 0.336. The minimum Gasteiger partial charge on any atom is -0.487 e. The van der Waals surface area contributed by atoms with Crippen molar-refractivity contribution in [1.29, 1.82) is 0 Å². The Bertz CT molecular complexity index is 1960. The van der Waals surface area contributed by atoms with Crippen molar-refractivity contribution in [1.82, 2.24) is 4.57 Å². The Hall–Kier alpha value is -2.21. The first-order valence-corrected chi connectivity index (χ1v) is 16.9. The molecule has 0 radical (unpaired) electrons. The van der Waals surface area contributed by atoms with E-state index < -0.39 is 35.0 Å². The maximum absolute atomic E-state index is 14.4. The van der Waals surface area contributed by atoms with Gasteiger partial charge < -0.3 is 9.47 Å². The second-order valence-electron chi connectivity index (χ2n) is 9.34. The van der Waals surface area contributed by atoms with Crippen molar-refractivity contribution in [3.8, 4) is 5.75 Å². The van der Waals surface area contributed by atoms with E-state index in [-0.39, 0.29) is 28.1 Å². The van der Waals surface area contributed by atoms with E-state index >= 15 is 0 Å². The molecule has 0 saturated carbocycles. The molecule has 0 aliphatic carbocycles. The van der Waals surface area contributed by atoms with Gasteiger partial charge in [0, 0.05) is 18.6 Å². The predicted octanol–water partition coefficient (Wildman–Crippen LogP) is 7.54. The maximum Gasteiger partial charge on any atom is 0.434 e. The molecule has 2 heterocycles. The van der Waals surface area contributed by atoms with Gasteiger partial charge in [-0.1, -0.05) is 63.1 Å². The van der Waals surface area contributed by atoms with Gasteiger partial charge in [0.25, 0.3) is 5.56 Å². The van der Waals surface area contributed by atoms with Crippen LogP contribution in [-0.2, 0) is 16.1 Å². The second-order valence-corrected chi connectivity index (χ2v) is 14.1. The third-order valence-electron chi connectivity index (χ3n) is 6.40. The predicted molar refractivity (Wildman–Crippen MR) is 183 cm³/mol. The van der Waals surface area contributed by atoms with E-state index in [1.165, 1.54) is 31.2 Å². The van der Waals surface area contributed by atoms with Crippen molar-refractivity contribution in [2.24, 2.45) is 4.99 Å². The second kappa shape index (κ2) is 13.6. The Morgan fingerprint density at radius 3 is 2.45 bits per heavy atom. The van der Waals surface area contributed by atoms with Gasteiger partial charge in [0.2, 0.25) is 0 Å². The van der Waals surface area contributed by atoms with Crippen LogP contribution < -0.4 is 19.6 Å². The SMILES string of the molecule is CCOC(=O)C1=C(C(F)(F)F)N=c2s/c(=C\c3cc(I)cc(I)c3OCc3ccc(Br)cc3)c(=O)n2[C@@H]1c1ccc(Cl)cc1. The van der Waals surface area contributed by atoms with Crippen LogP contribution in [0.2, 0.25) is 5.02 Å². The smallest absolute Gasteiger partial charge is 0.434 e. The molecule has 0 saturated heterocycles. The first kappa shape index (κ1) is 33.2. The molecular formula is C30H19BrClF3I2N2O4S. The fourth-order valence-corrected chi connectivity index (χ4v) is 7.95. The Balaban J connectivity index is 1.71. The molecule has 6 nitrogen and oxygen atoms in total. The molecule has 44 heavy (non-hydrogen) atoms. The average molecular weight is 930 g/mol. The Labute approximate surface area is 293 Å². The van der Waals surface area contributed by atoms with E-state index in [9.17, 15) is 22.8 Å². The molecule has 1 aromatic heterocycles. The first-order chi connectivity index (χ1) is 20.9. The molecule has 228 valence electrons. The van der Waals surface area contributed by atoms with Gasteiger partial charge in [-0.15, -0.1) is 0 Å². The molecule has 1 atom stereocenters. The molecular weight excluding hydrogens is 911 g/mol. The van der Waals surface area contributed by atoms with Gasteiger partial charge in [-0.2, -0.15) is 13.2 Å².